The molecule has 0 rings (SSSR count). The van der Waals surface area contributed by atoms with Crippen LogP contribution in [0.3, 0.4) is 0 Å². The fourth-order valence-corrected chi connectivity index (χ4v) is 2.88. The number of aliphatic hydroxyl groups is 2. The summed E-state index contributed by atoms with van der Waals surface area (Å²) in [6.45, 7) is 0.704. The van der Waals surface area contributed by atoms with Gasteiger partial charge in [-0.1, -0.05) is 12.8 Å². The maximum absolute atomic E-state index is 8.49. The second-order valence-electron chi connectivity index (χ2n) is 2.92. The summed E-state index contributed by atoms with van der Waals surface area (Å²) in [6, 6.07) is 0. The van der Waals surface area contributed by atoms with E-state index in [0.717, 1.165) is 12.8 Å². The van der Waals surface area contributed by atoms with Gasteiger partial charge in [0.15, 0.2) is 0 Å². The summed E-state index contributed by atoms with van der Waals surface area (Å²) in [5, 5.41) is 17.0. The molecule has 0 atom stereocenters. The van der Waals surface area contributed by atoms with Crippen LogP contribution in [0.15, 0.2) is 0 Å². The summed E-state index contributed by atoms with van der Waals surface area (Å²) in [5.41, 5.74) is 0. The van der Waals surface area contributed by atoms with Crippen molar-refractivity contribution in [2.75, 3.05) is 13.2 Å². The van der Waals surface area contributed by atoms with Crippen LogP contribution < -0.4 is 0 Å². The predicted octanol–water partition coefficient (Wildman–Crippen LogP) is 1.07. The third-order valence-corrected chi connectivity index (χ3v) is 3.82. The van der Waals surface area contributed by atoms with Crippen LogP contribution in [-0.4, -0.2) is 43.8 Å². The van der Waals surface area contributed by atoms with Crippen molar-refractivity contribution in [2.24, 2.45) is 0 Å². The molecule has 0 fully saturated rings. The molecule has 11 heavy (non-hydrogen) atoms. The molecule has 0 aromatic rings. The zero-order valence-electron chi connectivity index (χ0n) is 7.26. The third kappa shape index (κ3) is 10.7. The summed E-state index contributed by atoms with van der Waals surface area (Å²) in [4.78, 5) is 0. The Kier molecular flexibility index (Phi) is 11.4. The van der Waals surface area contributed by atoms with Crippen LogP contribution in [0.5, 0.6) is 0 Å². The summed E-state index contributed by atoms with van der Waals surface area (Å²) in [5.74, 6) is 0. The minimum Gasteiger partial charge on any atom is -0.396 e. The first kappa shape index (κ1) is 11.7. The maximum Gasteiger partial charge on any atom is 0.364 e. The predicted molar refractivity (Wildman–Crippen MR) is 48.0 cm³/mol. The molecule has 0 heterocycles. The zero-order valence-corrected chi connectivity index (χ0v) is 8.67. The highest BCUT2D eigenvalue weighted by Gasteiger charge is 1.94. The van der Waals surface area contributed by atoms with Gasteiger partial charge in [-0.2, -0.15) is 0 Å². The van der Waals surface area contributed by atoms with Gasteiger partial charge in [-0.15, -0.1) is 9.10 Å². The molecule has 2 nitrogen and oxygen atoms in total. The molecule has 0 saturated heterocycles. The topological polar surface area (TPSA) is 40.5 Å². The molecule has 0 aromatic heterocycles. The van der Waals surface area contributed by atoms with Crippen molar-refractivity contribution in [2.45, 2.75) is 34.8 Å². The minimum atomic E-state index is 0.148. The van der Waals surface area contributed by atoms with Gasteiger partial charge >= 0.3 is 20.4 Å². The van der Waals surface area contributed by atoms with Crippen molar-refractivity contribution in [3.63, 3.8) is 0 Å². The van der Waals surface area contributed by atoms with Crippen LogP contribution in [0.25, 0.3) is 0 Å². The van der Waals surface area contributed by atoms with Gasteiger partial charge in [-0.3, -0.25) is 0 Å². The average molecular weight is 171 g/mol. The van der Waals surface area contributed by atoms with Gasteiger partial charge in [0.05, 0.1) is 0 Å². The smallest absolute Gasteiger partial charge is 0.364 e. The Balaban J connectivity index is 2.69. The van der Waals surface area contributed by atoms with E-state index in [9.17, 15) is 0 Å². The number of unbranched alkanes of at least 4 members (excludes halogenated alkanes) is 2. The SMILES string of the molecule is OCCC[CH2][Mg][CH2]CCCO. The Morgan fingerprint density at radius 1 is 0.727 bits per heavy atom. The van der Waals surface area contributed by atoms with Gasteiger partial charge in [0, 0.05) is 13.2 Å². The lowest BCUT2D eigenvalue weighted by atomic mass is 10.3. The largest absolute Gasteiger partial charge is 0.396 e. The number of hydrogen-bond donors (Lipinski definition) is 2. The first-order valence-corrected chi connectivity index (χ1v) is 6.63. The highest BCUT2D eigenvalue weighted by atomic mass is 24.5. The van der Waals surface area contributed by atoms with E-state index < -0.39 is 0 Å². The normalized spacial score (nSPS) is 9.64. The van der Waals surface area contributed by atoms with Crippen LogP contribution in [0.2, 0.25) is 9.10 Å². The molecule has 64 valence electrons. The Morgan fingerprint density at radius 3 is 1.55 bits per heavy atom. The van der Waals surface area contributed by atoms with Crippen molar-refractivity contribution in [3.8, 4) is 0 Å². The first-order valence-electron chi connectivity index (χ1n) is 4.63. The number of aliphatic hydroxyl groups excluding tert-OH is 2. The molecule has 0 amide bonds. The van der Waals surface area contributed by atoms with Crippen molar-refractivity contribution in [3.05, 3.63) is 0 Å². The van der Waals surface area contributed by atoms with Gasteiger partial charge in [-0.25, -0.2) is 0 Å². The lowest BCUT2D eigenvalue weighted by Crippen LogP contribution is -1.92. The quantitative estimate of drug-likeness (QED) is 0.423. The van der Waals surface area contributed by atoms with Gasteiger partial charge in [0.25, 0.3) is 0 Å². The Hall–Kier alpha value is 0.686. The molecule has 0 radical (unpaired) electrons. The van der Waals surface area contributed by atoms with Crippen molar-refractivity contribution in [1.82, 2.24) is 0 Å². The van der Waals surface area contributed by atoms with E-state index in [1.807, 2.05) is 0 Å². The summed E-state index contributed by atoms with van der Waals surface area (Å²) in [7, 11) is 0. The lowest BCUT2D eigenvalue weighted by Gasteiger charge is -1.96. The van der Waals surface area contributed by atoms with Gasteiger partial charge in [0.1, 0.15) is 0 Å². The van der Waals surface area contributed by atoms with Gasteiger partial charge in [-0.05, 0) is 12.8 Å². The highest BCUT2D eigenvalue weighted by molar-refractivity contribution is 6.35. The minimum absolute atomic E-state index is 0.148. The Labute approximate surface area is 78.7 Å². The average Bonchev–Trinajstić information content (AvgIpc) is 2.03. The van der Waals surface area contributed by atoms with E-state index in [-0.39, 0.29) is 20.4 Å². The van der Waals surface area contributed by atoms with Crippen molar-refractivity contribution >= 4 is 20.4 Å². The monoisotopic (exact) mass is 170 g/mol. The molecule has 0 aliphatic rings. The third-order valence-electron chi connectivity index (χ3n) is 1.82. The Bertz CT molecular complexity index is 61.1. The van der Waals surface area contributed by atoms with Crippen molar-refractivity contribution in [1.29, 1.82) is 0 Å². The molecule has 0 saturated carbocycles. The van der Waals surface area contributed by atoms with Crippen LogP contribution in [0.1, 0.15) is 25.7 Å². The van der Waals surface area contributed by atoms with Gasteiger partial charge in [0.2, 0.25) is 0 Å². The van der Waals surface area contributed by atoms with E-state index in [2.05, 4.69) is 0 Å². The fourth-order valence-electron chi connectivity index (χ4n) is 1.11. The molecule has 0 unspecified atom stereocenters. The fraction of sp³-hybridized carbons (Fsp3) is 1.00. The number of rotatable bonds is 8. The van der Waals surface area contributed by atoms with Crippen LogP contribution in [-0.2, 0) is 0 Å². The van der Waals surface area contributed by atoms with E-state index in [4.69, 9.17) is 10.2 Å². The highest BCUT2D eigenvalue weighted by Crippen LogP contribution is 2.00. The summed E-state index contributed by atoms with van der Waals surface area (Å²) < 4.78 is 2.73. The van der Waals surface area contributed by atoms with E-state index in [1.165, 1.54) is 21.9 Å². The second-order valence-corrected chi connectivity index (χ2v) is 5.04. The molecule has 0 bridgehead atoms. The Morgan fingerprint density at radius 2 is 1.18 bits per heavy atom. The maximum atomic E-state index is 8.49. The second kappa shape index (κ2) is 10.7. The van der Waals surface area contributed by atoms with Crippen LogP contribution in [0.4, 0.5) is 0 Å². The zero-order chi connectivity index (χ0) is 8.36. The molecule has 0 aliphatic heterocycles. The molecular formula is C8H18MgO2. The number of hydrogen-bond acceptors (Lipinski definition) is 2. The molecule has 3 heteroatoms. The first-order chi connectivity index (χ1) is 5.41. The summed E-state index contributed by atoms with van der Waals surface area (Å²) in [6.07, 6.45) is 4.38. The molecule has 0 spiro atoms. The van der Waals surface area contributed by atoms with Crippen molar-refractivity contribution < 1.29 is 10.2 Å². The van der Waals surface area contributed by atoms with E-state index >= 15 is 0 Å². The molecule has 0 aliphatic carbocycles. The molecular weight excluding hydrogens is 152 g/mol. The lowest BCUT2D eigenvalue weighted by molar-refractivity contribution is 0.286. The van der Waals surface area contributed by atoms with Crippen LogP contribution >= 0.6 is 0 Å². The standard InChI is InChI=1S/2C4H9O.Mg/c2*1-2-3-4-5;/h2*5H,1-4H2;. The molecule has 2 N–H and O–H groups in total. The van der Waals surface area contributed by atoms with Crippen LogP contribution in [0, 0.1) is 0 Å². The van der Waals surface area contributed by atoms with Gasteiger partial charge < -0.3 is 10.2 Å². The molecule has 0 aromatic carbocycles. The van der Waals surface area contributed by atoms with E-state index in [1.54, 1.807) is 0 Å². The summed E-state index contributed by atoms with van der Waals surface area (Å²) >= 11 is 0.148. The van der Waals surface area contributed by atoms with E-state index in [0.29, 0.717) is 13.2 Å².